The third kappa shape index (κ3) is 2.36. The molecule has 1 aliphatic heterocycles. The maximum atomic E-state index is 9.88. The van der Waals surface area contributed by atoms with Crippen LogP contribution in [0, 0.1) is 5.92 Å². The van der Waals surface area contributed by atoms with E-state index in [9.17, 15) is 5.11 Å². The van der Waals surface area contributed by atoms with Crippen molar-refractivity contribution in [3.05, 3.63) is 29.8 Å². The summed E-state index contributed by atoms with van der Waals surface area (Å²) in [5.74, 6) is 0.958. The summed E-state index contributed by atoms with van der Waals surface area (Å²) >= 11 is 0. The maximum Gasteiger partial charge on any atom is 0.120 e. The number of para-hydroxylation sites is 1. The number of rotatable bonds is 3. The van der Waals surface area contributed by atoms with Crippen LogP contribution in [-0.2, 0) is 0 Å². The average Bonchev–Trinajstić information content (AvgIpc) is 2.34. The molecule has 16 heavy (non-hydrogen) atoms. The quantitative estimate of drug-likeness (QED) is 0.726. The molecule has 0 bridgehead atoms. The van der Waals surface area contributed by atoms with Crippen molar-refractivity contribution in [3.63, 3.8) is 0 Å². The molecule has 0 amide bonds. The number of hydrogen-bond acceptors (Lipinski definition) is 3. The summed E-state index contributed by atoms with van der Waals surface area (Å²) in [6.07, 6.45) is 2.43. The molecule has 1 aliphatic rings. The molecule has 2 unspecified atom stereocenters. The molecule has 3 nitrogen and oxygen atoms in total. The molecule has 3 N–H and O–H groups in total. The lowest BCUT2D eigenvalue weighted by atomic mass is 9.87. The van der Waals surface area contributed by atoms with Gasteiger partial charge in [0.1, 0.15) is 5.75 Å². The first-order chi connectivity index (χ1) is 7.83. The molecule has 0 spiro atoms. The zero-order valence-corrected chi connectivity index (χ0v) is 9.74. The van der Waals surface area contributed by atoms with Crippen molar-refractivity contribution in [1.82, 2.24) is 10.6 Å². The summed E-state index contributed by atoms with van der Waals surface area (Å²) in [6, 6.07) is 7.86. The molecular weight excluding hydrogens is 200 g/mol. The Morgan fingerprint density at radius 1 is 1.44 bits per heavy atom. The predicted molar refractivity (Wildman–Crippen MR) is 65.5 cm³/mol. The van der Waals surface area contributed by atoms with Crippen LogP contribution in [0.5, 0.6) is 5.75 Å². The van der Waals surface area contributed by atoms with E-state index in [4.69, 9.17) is 0 Å². The summed E-state index contributed by atoms with van der Waals surface area (Å²) in [5.41, 5.74) is 1.01. The molecule has 0 saturated carbocycles. The topological polar surface area (TPSA) is 44.3 Å². The van der Waals surface area contributed by atoms with Crippen LogP contribution in [0.4, 0.5) is 0 Å². The van der Waals surface area contributed by atoms with Gasteiger partial charge in [-0.1, -0.05) is 18.2 Å². The van der Waals surface area contributed by atoms with Gasteiger partial charge < -0.3 is 15.7 Å². The van der Waals surface area contributed by atoms with Crippen molar-refractivity contribution in [2.45, 2.75) is 18.9 Å². The highest BCUT2D eigenvalue weighted by atomic mass is 16.3. The minimum Gasteiger partial charge on any atom is -0.508 e. The van der Waals surface area contributed by atoms with Gasteiger partial charge in [0.05, 0.1) is 0 Å². The van der Waals surface area contributed by atoms with E-state index < -0.39 is 0 Å². The van der Waals surface area contributed by atoms with Gasteiger partial charge in [0.25, 0.3) is 0 Å². The van der Waals surface area contributed by atoms with Crippen LogP contribution >= 0.6 is 0 Å². The van der Waals surface area contributed by atoms with Crippen molar-refractivity contribution in [2.24, 2.45) is 5.92 Å². The van der Waals surface area contributed by atoms with E-state index in [0.717, 1.165) is 18.7 Å². The third-order valence-electron chi connectivity index (χ3n) is 3.39. The number of hydrogen-bond donors (Lipinski definition) is 3. The molecule has 0 radical (unpaired) electrons. The SMILES string of the molecule is CNC(c1ccccc1O)C1CCCNC1. The molecule has 1 aromatic rings. The van der Waals surface area contributed by atoms with E-state index in [1.807, 2.05) is 25.2 Å². The highest BCUT2D eigenvalue weighted by Gasteiger charge is 2.25. The third-order valence-corrected chi connectivity index (χ3v) is 3.39. The van der Waals surface area contributed by atoms with E-state index in [1.165, 1.54) is 12.8 Å². The maximum absolute atomic E-state index is 9.88. The van der Waals surface area contributed by atoms with Crippen molar-refractivity contribution in [1.29, 1.82) is 0 Å². The van der Waals surface area contributed by atoms with Crippen molar-refractivity contribution < 1.29 is 5.11 Å². The lowest BCUT2D eigenvalue weighted by Crippen LogP contribution is -2.37. The van der Waals surface area contributed by atoms with Gasteiger partial charge >= 0.3 is 0 Å². The molecule has 2 rings (SSSR count). The normalized spacial score (nSPS) is 22.9. The number of phenols is 1. The number of aromatic hydroxyl groups is 1. The molecule has 1 heterocycles. The monoisotopic (exact) mass is 220 g/mol. The van der Waals surface area contributed by atoms with E-state index in [2.05, 4.69) is 10.6 Å². The Labute approximate surface area is 96.9 Å². The van der Waals surface area contributed by atoms with Gasteiger partial charge in [-0.05, 0) is 45.0 Å². The van der Waals surface area contributed by atoms with Crippen LogP contribution in [0.15, 0.2) is 24.3 Å². The zero-order chi connectivity index (χ0) is 11.4. The molecular formula is C13H20N2O. The summed E-state index contributed by atoms with van der Waals surface area (Å²) in [7, 11) is 1.96. The molecule has 0 aliphatic carbocycles. The lowest BCUT2D eigenvalue weighted by Gasteiger charge is -2.31. The lowest BCUT2D eigenvalue weighted by molar-refractivity contribution is 0.292. The van der Waals surface area contributed by atoms with Crippen LogP contribution < -0.4 is 10.6 Å². The summed E-state index contributed by atoms with van der Waals surface area (Å²) in [6.45, 7) is 2.15. The minimum absolute atomic E-state index is 0.244. The Kier molecular flexibility index (Phi) is 3.80. The van der Waals surface area contributed by atoms with Crippen LogP contribution in [-0.4, -0.2) is 25.2 Å². The molecule has 1 fully saturated rings. The Morgan fingerprint density at radius 3 is 2.88 bits per heavy atom. The fraction of sp³-hybridized carbons (Fsp3) is 0.538. The van der Waals surface area contributed by atoms with Gasteiger partial charge in [0.15, 0.2) is 0 Å². The second kappa shape index (κ2) is 5.32. The van der Waals surface area contributed by atoms with Crippen molar-refractivity contribution in [2.75, 3.05) is 20.1 Å². The highest BCUT2D eigenvalue weighted by Crippen LogP contribution is 2.31. The average molecular weight is 220 g/mol. The van der Waals surface area contributed by atoms with Gasteiger partial charge in [0, 0.05) is 11.6 Å². The summed E-state index contributed by atoms with van der Waals surface area (Å²) < 4.78 is 0. The van der Waals surface area contributed by atoms with Gasteiger partial charge in [0.2, 0.25) is 0 Å². The first-order valence-electron chi connectivity index (χ1n) is 5.99. The first-order valence-corrected chi connectivity index (χ1v) is 5.99. The fourth-order valence-electron chi connectivity index (χ4n) is 2.56. The van der Waals surface area contributed by atoms with Crippen LogP contribution in [0.25, 0.3) is 0 Å². The molecule has 2 atom stereocenters. The Morgan fingerprint density at radius 2 is 2.25 bits per heavy atom. The van der Waals surface area contributed by atoms with Gasteiger partial charge in [-0.2, -0.15) is 0 Å². The fourth-order valence-corrected chi connectivity index (χ4v) is 2.56. The van der Waals surface area contributed by atoms with E-state index in [1.54, 1.807) is 6.07 Å². The summed E-state index contributed by atoms with van der Waals surface area (Å²) in [4.78, 5) is 0. The van der Waals surface area contributed by atoms with Gasteiger partial charge in [-0.25, -0.2) is 0 Å². The molecule has 1 aromatic carbocycles. The van der Waals surface area contributed by atoms with Crippen LogP contribution in [0.1, 0.15) is 24.4 Å². The Hall–Kier alpha value is -1.06. The zero-order valence-electron chi connectivity index (χ0n) is 9.74. The molecule has 3 heteroatoms. The Balaban J connectivity index is 2.18. The number of piperidine rings is 1. The second-order valence-corrected chi connectivity index (χ2v) is 4.43. The van der Waals surface area contributed by atoms with Crippen molar-refractivity contribution >= 4 is 0 Å². The largest absolute Gasteiger partial charge is 0.508 e. The molecule has 0 aromatic heterocycles. The van der Waals surface area contributed by atoms with Crippen LogP contribution in [0.2, 0.25) is 0 Å². The van der Waals surface area contributed by atoms with E-state index >= 15 is 0 Å². The predicted octanol–water partition coefficient (Wildman–Crippen LogP) is 1.65. The van der Waals surface area contributed by atoms with Crippen LogP contribution in [0.3, 0.4) is 0 Å². The second-order valence-electron chi connectivity index (χ2n) is 4.43. The van der Waals surface area contributed by atoms with Gasteiger partial charge in [-0.15, -0.1) is 0 Å². The smallest absolute Gasteiger partial charge is 0.120 e. The first kappa shape index (κ1) is 11.4. The molecule has 88 valence electrons. The number of phenolic OH excluding ortho intramolecular Hbond substituents is 1. The minimum atomic E-state index is 0.244. The molecule has 1 saturated heterocycles. The van der Waals surface area contributed by atoms with Gasteiger partial charge in [-0.3, -0.25) is 0 Å². The van der Waals surface area contributed by atoms with E-state index in [-0.39, 0.29) is 6.04 Å². The van der Waals surface area contributed by atoms with Crippen molar-refractivity contribution in [3.8, 4) is 5.75 Å². The highest BCUT2D eigenvalue weighted by molar-refractivity contribution is 5.35. The number of benzene rings is 1. The standard InChI is InChI=1S/C13H20N2O/c1-14-13(10-5-4-8-15-9-10)11-6-2-3-7-12(11)16/h2-3,6-7,10,13-16H,4-5,8-9H2,1H3. The number of nitrogens with one attached hydrogen (secondary N) is 2. The summed E-state index contributed by atoms with van der Waals surface area (Å²) in [5, 5.41) is 16.6. The van der Waals surface area contributed by atoms with E-state index in [0.29, 0.717) is 11.7 Å². The Bertz CT molecular complexity index is 334.